The molecule has 1 N–H and O–H groups in total. The van der Waals surface area contributed by atoms with E-state index < -0.39 is 0 Å². The van der Waals surface area contributed by atoms with E-state index in [2.05, 4.69) is 20.8 Å². The van der Waals surface area contributed by atoms with Crippen molar-refractivity contribution in [2.45, 2.75) is 63.8 Å². The standard InChI is InChI=1S/C15H28BrNO/c16-12-15(8-4-1-2-5-9-15)13-17-10-6-3-7-14(17)11-18/h14,18H,1-13H2. The summed E-state index contributed by atoms with van der Waals surface area (Å²) in [6.45, 7) is 2.74. The van der Waals surface area contributed by atoms with Gasteiger partial charge in [0.25, 0.3) is 0 Å². The van der Waals surface area contributed by atoms with Gasteiger partial charge in [-0.3, -0.25) is 4.90 Å². The summed E-state index contributed by atoms with van der Waals surface area (Å²) >= 11 is 3.78. The van der Waals surface area contributed by atoms with E-state index in [1.54, 1.807) is 0 Å². The fourth-order valence-corrected chi connectivity index (χ4v) is 4.46. The topological polar surface area (TPSA) is 23.5 Å². The fourth-order valence-electron chi connectivity index (χ4n) is 3.72. The van der Waals surface area contributed by atoms with Gasteiger partial charge in [-0.05, 0) is 37.6 Å². The Balaban J connectivity index is 1.98. The van der Waals surface area contributed by atoms with Crippen LogP contribution >= 0.6 is 15.9 Å². The van der Waals surface area contributed by atoms with Gasteiger partial charge < -0.3 is 5.11 Å². The zero-order valence-electron chi connectivity index (χ0n) is 11.5. The predicted molar refractivity (Wildman–Crippen MR) is 80.2 cm³/mol. The quantitative estimate of drug-likeness (QED) is 0.633. The van der Waals surface area contributed by atoms with E-state index in [1.807, 2.05) is 0 Å². The van der Waals surface area contributed by atoms with Crippen molar-refractivity contribution in [3.8, 4) is 0 Å². The molecule has 0 spiro atoms. The number of piperidine rings is 1. The zero-order chi connectivity index (χ0) is 12.8. The maximum atomic E-state index is 9.55. The summed E-state index contributed by atoms with van der Waals surface area (Å²) in [5.74, 6) is 0. The highest BCUT2D eigenvalue weighted by Gasteiger charge is 2.34. The van der Waals surface area contributed by atoms with Crippen LogP contribution in [0, 0.1) is 5.41 Å². The van der Waals surface area contributed by atoms with Crippen LogP contribution in [0.25, 0.3) is 0 Å². The maximum Gasteiger partial charge on any atom is 0.0586 e. The molecule has 0 aromatic rings. The van der Waals surface area contributed by atoms with Crippen LogP contribution in [0.4, 0.5) is 0 Å². The fraction of sp³-hybridized carbons (Fsp3) is 1.00. The van der Waals surface area contributed by atoms with Crippen LogP contribution in [-0.2, 0) is 0 Å². The van der Waals surface area contributed by atoms with Gasteiger partial charge in [-0.2, -0.15) is 0 Å². The van der Waals surface area contributed by atoms with E-state index in [4.69, 9.17) is 0 Å². The first-order chi connectivity index (χ1) is 8.79. The number of hydrogen-bond acceptors (Lipinski definition) is 2. The van der Waals surface area contributed by atoms with E-state index in [0.29, 0.717) is 18.1 Å². The largest absolute Gasteiger partial charge is 0.395 e. The third-order valence-electron chi connectivity index (χ3n) is 4.95. The van der Waals surface area contributed by atoms with Crippen molar-refractivity contribution in [1.29, 1.82) is 0 Å². The molecule has 1 unspecified atom stereocenters. The summed E-state index contributed by atoms with van der Waals surface area (Å²) in [6.07, 6.45) is 12.1. The maximum absolute atomic E-state index is 9.55. The van der Waals surface area contributed by atoms with Gasteiger partial charge >= 0.3 is 0 Å². The molecule has 0 bridgehead atoms. The molecule has 1 saturated heterocycles. The van der Waals surface area contributed by atoms with Crippen LogP contribution in [0.3, 0.4) is 0 Å². The number of likely N-dealkylation sites (tertiary alicyclic amines) is 1. The van der Waals surface area contributed by atoms with Crippen molar-refractivity contribution in [3.63, 3.8) is 0 Å². The summed E-state index contributed by atoms with van der Waals surface area (Å²) < 4.78 is 0. The van der Waals surface area contributed by atoms with Crippen molar-refractivity contribution < 1.29 is 5.11 Å². The van der Waals surface area contributed by atoms with E-state index in [-0.39, 0.29) is 0 Å². The van der Waals surface area contributed by atoms with Gasteiger partial charge in [-0.1, -0.05) is 48.0 Å². The minimum Gasteiger partial charge on any atom is -0.395 e. The number of aliphatic hydroxyl groups excluding tert-OH is 1. The second-order valence-electron chi connectivity index (χ2n) is 6.35. The van der Waals surface area contributed by atoms with Gasteiger partial charge in [-0.15, -0.1) is 0 Å². The Labute approximate surface area is 120 Å². The Morgan fingerprint density at radius 3 is 2.39 bits per heavy atom. The Bertz CT molecular complexity index is 239. The third-order valence-corrected chi connectivity index (χ3v) is 6.14. The molecule has 0 amide bonds. The van der Waals surface area contributed by atoms with Crippen LogP contribution in [0.5, 0.6) is 0 Å². The molecule has 0 radical (unpaired) electrons. The Morgan fingerprint density at radius 2 is 1.78 bits per heavy atom. The zero-order valence-corrected chi connectivity index (χ0v) is 13.1. The molecule has 3 heteroatoms. The molecular formula is C15H28BrNO. The number of rotatable bonds is 4. The second-order valence-corrected chi connectivity index (χ2v) is 6.91. The first kappa shape index (κ1) is 14.8. The molecule has 18 heavy (non-hydrogen) atoms. The number of halogens is 1. The molecule has 1 atom stereocenters. The normalized spacial score (nSPS) is 30.0. The van der Waals surface area contributed by atoms with Crippen LogP contribution < -0.4 is 0 Å². The molecular weight excluding hydrogens is 290 g/mol. The van der Waals surface area contributed by atoms with E-state index in [1.165, 1.54) is 70.9 Å². The second kappa shape index (κ2) is 7.25. The third kappa shape index (κ3) is 3.71. The molecule has 2 rings (SSSR count). The lowest BCUT2D eigenvalue weighted by Crippen LogP contribution is -2.48. The molecule has 2 nitrogen and oxygen atoms in total. The van der Waals surface area contributed by atoms with Gasteiger partial charge in [0.15, 0.2) is 0 Å². The minimum atomic E-state index is 0.346. The Hall–Kier alpha value is 0.400. The van der Waals surface area contributed by atoms with Crippen LogP contribution in [0.15, 0.2) is 0 Å². The Morgan fingerprint density at radius 1 is 1.06 bits per heavy atom. The van der Waals surface area contributed by atoms with Crippen molar-refractivity contribution in [2.75, 3.05) is 25.0 Å². The van der Waals surface area contributed by atoms with E-state index in [0.717, 1.165) is 5.33 Å². The lowest BCUT2D eigenvalue weighted by molar-refractivity contribution is 0.0493. The van der Waals surface area contributed by atoms with Crippen molar-refractivity contribution in [3.05, 3.63) is 0 Å². The molecule has 2 fully saturated rings. The van der Waals surface area contributed by atoms with E-state index in [9.17, 15) is 5.11 Å². The molecule has 106 valence electrons. The smallest absolute Gasteiger partial charge is 0.0586 e. The lowest BCUT2D eigenvalue weighted by atomic mass is 9.81. The van der Waals surface area contributed by atoms with E-state index >= 15 is 0 Å². The molecule has 1 saturated carbocycles. The highest BCUT2D eigenvalue weighted by Crippen LogP contribution is 2.38. The number of alkyl halides is 1. The van der Waals surface area contributed by atoms with Gasteiger partial charge in [0.1, 0.15) is 0 Å². The first-order valence-electron chi connectivity index (χ1n) is 7.70. The van der Waals surface area contributed by atoms with Crippen molar-refractivity contribution in [1.82, 2.24) is 4.90 Å². The van der Waals surface area contributed by atoms with Crippen molar-refractivity contribution in [2.24, 2.45) is 5.41 Å². The number of aliphatic hydroxyl groups is 1. The van der Waals surface area contributed by atoms with Crippen LogP contribution in [0.1, 0.15) is 57.8 Å². The minimum absolute atomic E-state index is 0.346. The molecule has 1 heterocycles. The summed E-state index contributed by atoms with van der Waals surface area (Å²) in [4.78, 5) is 2.58. The monoisotopic (exact) mass is 317 g/mol. The molecule has 1 aliphatic heterocycles. The first-order valence-corrected chi connectivity index (χ1v) is 8.83. The van der Waals surface area contributed by atoms with Gasteiger partial charge in [0, 0.05) is 17.9 Å². The number of hydrogen-bond donors (Lipinski definition) is 1. The number of nitrogens with zero attached hydrogens (tertiary/aromatic N) is 1. The summed E-state index contributed by atoms with van der Waals surface area (Å²) in [5.41, 5.74) is 0.473. The molecule has 2 aliphatic rings. The molecule has 0 aromatic carbocycles. The van der Waals surface area contributed by atoms with Gasteiger partial charge in [0.05, 0.1) is 6.61 Å². The van der Waals surface area contributed by atoms with Crippen molar-refractivity contribution >= 4 is 15.9 Å². The average molecular weight is 318 g/mol. The lowest BCUT2D eigenvalue weighted by Gasteiger charge is -2.42. The summed E-state index contributed by atoms with van der Waals surface area (Å²) in [5, 5.41) is 10.7. The summed E-state index contributed by atoms with van der Waals surface area (Å²) in [7, 11) is 0. The average Bonchev–Trinajstić information content (AvgIpc) is 2.66. The SMILES string of the molecule is OCC1CCCCN1CC1(CBr)CCCCCC1. The molecule has 1 aliphatic carbocycles. The van der Waals surface area contributed by atoms with Gasteiger partial charge in [0.2, 0.25) is 0 Å². The van der Waals surface area contributed by atoms with Crippen LogP contribution in [0.2, 0.25) is 0 Å². The van der Waals surface area contributed by atoms with Crippen LogP contribution in [-0.4, -0.2) is 41.1 Å². The highest BCUT2D eigenvalue weighted by molar-refractivity contribution is 9.09. The summed E-state index contributed by atoms with van der Waals surface area (Å²) in [6, 6.07) is 0.429. The Kier molecular flexibility index (Phi) is 5.96. The van der Waals surface area contributed by atoms with Gasteiger partial charge in [-0.25, -0.2) is 0 Å². The highest BCUT2D eigenvalue weighted by atomic mass is 79.9. The predicted octanol–water partition coefficient (Wildman–Crippen LogP) is 3.57. The molecule has 0 aromatic heterocycles.